The van der Waals surface area contributed by atoms with E-state index in [1.807, 2.05) is 12.1 Å². The van der Waals surface area contributed by atoms with E-state index in [1.165, 1.54) is 6.92 Å². The van der Waals surface area contributed by atoms with Gasteiger partial charge in [0.05, 0.1) is 10.9 Å². The topological polar surface area (TPSA) is 84.2 Å². The number of nitrogens with one attached hydrogen (secondary N) is 1. The number of carbonyl (C=O) groups excluding carboxylic acids is 1. The Labute approximate surface area is 167 Å². The van der Waals surface area contributed by atoms with Gasteiger partial charge in [0.25, 0.3) is 5.56 Å². The number of hydrogen-bond acceptors (Lipinski definition) is 4. The van der Waals surface area contributed by atoms with Crippen LogP contribution in [0.4, 0.5) is 0 Å². The first kappa shape index (κ1) is 18.6. The molecule has 0 unspecified atom stereocenters. The molecule has 0 aliphatic rings. The molecule has 1 amide bonds. The predicted octanol–water partition coefficient (Wildman–Crippen LogP) is 2.77. The number of amides is 1. The Bertz CT molecular complexity index is 1200. The van der Waals surface area contributed by atoms with Gasteiger partial charge in [-0.1, -0.05) is 72.8 Å². The Morgan fingerprint density at radius 2 is 1.41 bits per heavy atom. The van der Waals surface area contributed by atoms with Crippen molar-refractivity contribution in [2.45, 2.75) is 12.5 Å². The molecule has 0 bridgehead atoms. The summed E-state index contributed by atoms with van der Waals surface area (Å²) in [6.07, 6.45) is 0. The lowest BCUT2D eigenvalue weighted by atomic mass is 9.85. The minimum Gasteiger partial charge on any atom is -0.373 e. The molecule has 144 valence electrons. The Balaban J connectivity index is 2.13. The number of hydrogen-bond donors (Lipinski definition) is 2. The number of fused-ring (bicyclic) bond motifs is 1. The van der Waals surface area contributed by atoms with Crippen LogP contribution in [0.5, 0.6) is 0 Å². The van der Waals surface area contributed by atoms with Gasteiger partial charge in [-0.2, -0.15) is 4.68 Å². The highest BCUT2D eigenvalue weighted by Gasteiger charge is 2.39. The zero-order valence-electron chi connectivity index (χ0n) is 15.7. The molecule has 2 N–H and O–H groups in total. The molecule has 0 spiro atoms. The lowest BCUT2D eigenvalue weighted by Gasteiger charge is -2.31. The second-order valence-corrected chi connectivity index (χ2v) is 6.70. The third-order valence-corrected chi connectivity index (χ3v) is 4.75. The molecule has 0 radical (unpaired) electrons. The Morgan fingerprint density at radius 3 is 1.97 bits per heavy atom. The minimum absolute atomic E-state index is 0.00815. The van der Waals surface area contributed by atoms with Crippen molar-refractivity contribution in [3.05, 3.63) is 112 Å². The predicted molar refractivity (Wildman–Crippen MR) is 111 cm³/mol. The first-order chi connectivity index (χ1) is 14.0. The average Bonchev–Trinajstić information content (AvgIpc) is 2.76. The van der Waals surface area contributed by atoms with Gasteiger partial charge in [-0.05, 0) is 23.3 Å². The fraction of sp³-hybridized carbons (Fsp3) is 0.0870. The second-order valence-electron chi connectivity index (χ2n) is 6.70. The molecule has 4 aromatic rings. The highest BCUT2D eigenvalue weighted by Crippen LogP contribution is 2.35. The number of nitrogens with zero attached hydrogens (tertiary/aromatic N) is 2. The van der Waals surface area contributed by atoms with Gasteiger partial charge in [0, 0.05) is 6.92 Å². The van der Waals surface area contributed by atoms with E-state index in [1.54, 1.807) is 72.8 Å². The van der Waals surface area contributed by atoms with Crippen molar-refractivity contribution in [3.8, 4) is 0 Å². The number of aromatic nitrogens is 2. The van der Waals surface area contributed by atoms with Crippen LogP contribution < -0.4 is 11.0 Å². The summed E-state index contributed by atoms with van der Waals surface area (Å²) in [7, 11) is 0. The van der Waals surface area contributed by atoms with Gasteiger partial charge in [-0.3, -0.25) is 15.0 Å². The summed E-state index contributed by atoms with van der Waals surface area (Å²) in [6, 6.07) is 24.7. The van der Waals surface area contributed by atoms with Crippen molar-refractivity contribution in [2.24, 2.45) is 0 Å². The second kappa shape index (κ2) is 7.33. The van der Waals surface area contributed by atoms with Gasteiger partial charge >= 0.3 is 0 Å². The highest BCUT2D eigenvalue weighted by atomic mass is 16.3. The standard InChI is InChI=1S/C23H19N3O3/c1-16(27)25-26-21(28)19-14-8-9-15-20(19)24-22(26)23(29,17-10-4-2-5-11-17)18-12-6-3-7-13-18/h2-15,29H,1H3,(H,25,27). The molecule has 0 aliphatic carbocycles. The number of benzene rings is 3. The molecule has 6 nitrogen and oxygen atoms in total. The van der Waals surface area contributed by atoms with Gasteiger partial charge in [0.1, 0.15) is 0 Å². The maximum Gasteiger partial charge on any atom is 0.280 e. The molecule has 0 saturated carbocycles. The summed E-state index contributed by atoms with van der Waals surface area (Å²) in [5.74, 6) is -0.442. The van der Waals surface area contributed by atoms with Gasteiger partial charge in [0.2, 0.25) is 5.91 Å². The number of para-hydroxylation sites is 1. The molecule has 0 fully saturated rings. The Kier molecular flexibility index (Phi) is 4.70. The summed E-state index contributed by atoms with van der Waals surface area (Å²) >= 11 is 0. The van der Waals surface area contributed by atoms with Crippen LogP contribution in [-0.4, -0.2) is 20.7 Å². The molecule has 1 heterocycles. The van der Waals surface area contributed by atoms with Crippen LogP contribution >= 0.6 is 0 Å². The molecule has 29 heavy (non-hydrogen) atoms. The van der Waals surface area contributed by atoms with E-state index in [2.05, 4.69) is 10.4 Å². The normalized spacial score (nSPS) is 11.4. The molecule has 3 aromatic carbocycles. The van der Waals surface area contributed by atoms with Crippen molar-refractivity contribution in [1.82, 2.24) is 9.66 Å². The maximum absolute atomic E-state index is 13.2. The molecular formula is C23H19N3O3. The van der Waals surface area contributed by atoms with E-state index in [4.69, 9.17) is 0 Å². The molecule has 0 atom stereocenters. The van der Waals surface area contributed by atoms with Gasteiger partial charge in [-0.25, -0.2) is 4.98 Å². The van der Waals surface area contributed by atoms with Crippen LogP contribution in [0.1, 0.15) is 23.9 Å². The minimum atomic E-state index is -1.77. The Hall–Kier alpha value is -3.77. The molecule has 4 rings (SSSR count). The maximum atomic E-state index is 13.2. The third-order valence-electron chi connectivity index (χ3n) is 4.75. The number of aliphatic hydroxyl groups is 1. The fourth-order valence-corrected chi connectivity index (χ4v) is 3.42. The SMILES string of the molecule is CC(=O)Nn1c(C(O)(c2ccccc2)c2ccccc2)nc2ccccc2c1=O. The van der Waals surface area contributed by atoms with E-state index in [0.29, 0.717) is 22.0 Å². The van der Waals surface area contributed by atoms with Crippen molar-refractivity contribution >= 4 is 16.8 Å². The van der Waals surface area contributed by atoms with Crippen LogP contribution in [0.3, 0.4) is 0 Å². The first-order valence-corrected chi connectivity index (χ1v) is 9.15. The highest BCUT2D eigenvalue weighted by molar-refractivity contribution is 5.82. The van der Waals surface area contributed by atoms with E-state index in [-0.39, 0.29) is 5.82 Å². The third kappa shape index (κ3) is 3.19. The van der Waals surface area contributed by atoms with Crippen molar-refractivity contribution < 1.29 is 9.90 Å². The first-order valence-electron chi connectivity index (χ1n) is 9.15. The summed E-state index contributed by atoms with van der Waals surface area (Å²) in [5.41, 5.74) is 1.76. The van der Waals surface area contributed by atoms with Crippen LogP contribution in [-0.2, 0) is 10.4 Å². The molecule has 0 saturated heterocycles. The molecule has 0 aliphatic heterocycles. The lowest BCUT2D eigenvalue weighted by Crippen LogP contribution is -2.43. The van der Waals surface area contributed by atoms with Crippen molar-refractivity contribution in [3.63, 3.8) is 0 Å². The zero-order valence-corrected chi connectivity index (χ0v) is 15.7. The van der Waals surface area contributed by atoms with E-state index in [9.17, 15) is 14.7 Å². The summed E-state index contributed by atoms with van der Waals surface area (Å²) < 4.78 is 1.03. The van der Waals surface area contributed by atoms with E-state index >= 15 is 0 Å². The van der Waals surface area contributed by atoms with Crippen molar-refractivity contribution in [1.29, 1.82) is 0 Å². The lowest BCUT2D eigenvalue weighted by molar-refractivity contribution is -0.115. The average molecular weight is 385 g/mol. The van der Waals surface area contributed by atoms with Crippen LogP contribution in [0.2, 0.25) is 0 Å². The van der Waals surface area contributed by atoms with Gasteiger partial charge in [0.15, 0.2) is 11.4 Å². The van der Waals surface area contributed by atoms with E-state index < -0.39 is 17.1 Å². The van der Waals surface area contributed by atoms with E-state index in [0.717, 1.165) is 4.68 Å². The smallest absolute Gasteiger partial charge is 0.280 e. The molecule has 1 aromatic heterocycles. The van der Waals surface area contributed by atoms with Gasteiger partial charge in [-0.15, -0.1) is 0 Å². The van der Waals surface area contributed by atoms with Crippen LogP contribution in [0.25, 0.3) is 10.9 Å². The monoisotopic (exact) mass is 385 g/mol. The van der Waals surface area contributed by atoms with Crippen LogP contribution in [0, 0.1) is 0 Å². The zero-order chi connectivity index (χ0) is 20.4. The summed E-state index contributed by atoms with van der Waals surface area (Å²) in [6.45, 7) is 1.30. The Morgan fingerprint density at radius 1 is 0.897 bits per heavy atom. The largest absolute Gasteiger partial charge is 0.373 e. The summed E-state index contributed by atoms with van der Waals surface area (Å²) in [5, 5.41) is 12.4. The van der Waals surface area contributed by atoms with Crippen LogP contribution in [0.15, 0.2) is 89.7 Å². The number of rotatable bonds is 4. The van der Waals surface area contributed by atoms with Gasteiger partial charge < -0.3 is 5.11 Å². The van der Waals surface area contributed by atoms with Crippen molar-refractivity contribution in [2.75, 3.05) is 5.43 Å². The fourth-order valence-electron chi connectivity index (χ4n) is 3.42. The molecule has 6 heteroatoms. The number of carbonyl (C=O) groups is 1. The molecular weight excluding hydrogens is 366 g/mol. The quantitative estimate of drug-likeness (QED) is 0.566. The summed E-state index contributed by atoms with van der Waals surface area (Å²) in [4.78, 5) is 29.7.